The number of nitrogens with two attached hydrogens (primary N) is 1. The molecule has 1 aromatic heterocycles. The molecule has 1 heterocycles. The highest BCUT2D eigenvalue weighted by molar-refractivity contribution is 7.22. The van der Waals surface area contributed by atoms with Gasteiger partial charge in [-0.2, -0.15) is 0 Å². The fourth-order valence-electron chi connectivity index (χ4n) is 2.21. The second-order valence-corrected chi connectivity index (χ2v) is 5.20. The topological polar surface area (TPSA) is 38.9 Å². The van der Waals surface area contributed by atoms with Crippen LogP contribution in [0.4, 0.5) is 5.13 Å². The summed E-state index contributed by atoms with van der Waals surface area (Å²) in [6, 6.07) is 8.64. The van der Waals surface area contributed by atoms with Gasteiger partial charge in [-0.3, -0.25) is 0 Å². The van der Waals surface area contributed by atoms with Gasteiger partial charge in [-0.1, -0.05) is 29.0 Å². The molecule has 2 nitrogen and oxygen atoms in total. The zero-order chi connectivity index (χ0) is 11.3. The highest BCUT2D eigenvalue weighted by atomic mass is 32.1. The van der Waals surface area contributed by atoms with E-state index in [2.05, 4.69) is 43.1 Å². The lowest BCUT2D eigenvalue weighted by molar-refractivity contribution is 1.43. The maximum absolute atomic E-state index is 5.77. The van der Waals surface area contributed by atoms with E-state index < -0.39 is 0 Å². The summed E-state index contributed by atoms with van der Waals surface area (Å²) in [5, 5.41) is 3.12. The minimum Gasteiger partial charge on any atom is -0.375 e. The first-order valence-electron chi connectivity index (χ1n) is 5.21. The molecule has 0 saturated heterocycles. The molecule has 0 amide bonds. The van der Waals surface area contributed by atoms with Crippen molar-refractivity contribution in [3.63, 3.8) is 0 Å². The number of nitrogen functional groups attached to an aromatic ring is 1. The molecule has 2 aromatic carbocycles. The van der Waals surface area contributed by atoms with Crippen molar-refractivity contribution in [2.45, 2.75) is 13.8 Å². The third kappa shape index (κ3) is 1.28. The van der Waals surface area contributed by atoms with E-state index in [9.17, 15) is 0 Å². The van der Waals surface area contributed by atoms with Crippen molar-refractivity contribution in [3.05, 3.63) is 35.4 Å². The fourth-order valence-corrected chi connectivity index (χ4v) is 2.96. The first-order valence-corrected chi connectivity index (χ1v) is 6.03. The summed E-state index contributed by atoms with van der Waals surface area (Å²) < 4.78 is 1.16. The Morgan fingerprint density at radius 3 is 2.75 bits per heavy atom. The van der Waals surface area contributed by atoms with Crippen LogP contribution < -0.4 is 5.73 Å². The van der Waals surface area contributed by atoms with Crippen LogP contribution in [0.5, 0.6) is 0 Å². The molecule has 0 aliphatic heterocycles. The smallest absolute Gasteiger partial charge is 0.181 e. The second-order valence-electron chi connectivity index (χ2n) is 4.14. The van der Waals surface area contributed by atoms with Gasteiger partial charge in [0.1, 0.15) is 0 Å². The zero-order valence-electron chi connectivity index (χ0n) is 9.24. The highest BCUT2D eigenvalue weighted by Crippen LogP contribution is 2.32. The van der Waals surface area contributed by atoms with E-state index in [1.54, 1.807) is 11.3 Å². The molecule has 16 heavy (non-hydrogen) atoms. The quantitative estimate of drug-likeness (QED) is 0.638. The first kappa shape index (κ1) is 9.60. The Balaban J connectivity index is 2.58. The van der Waals surface area contributed by atoms with Gasteiger partial charge in [-0.05, 0) is 36.9 Å². The summed E-state index contributed by atoms with van der Waals surface area (Å²) in [5.74, 6) is 0. The van der Waals surface area contributed by atoms with Gasteiger partial charge in [0.2, 0.25) is 0 Å². The van der Waals surface area contributed by atoms with Crippen LogP contribution in [-0.2, 0) is 0 Å². The molecule has 0 saturated carbocycles. The zero-order valence-corrected chi connectivity index (χ0v) is 10.1. The van der Waals surface area contributed by atoms with Crippen molar-refractivity contribution in [1.82, 2.24) is 4.98 Å². The predicted octanol–water partition coefficient (Wildman–Crippen LogP) is 3.65. The normalized spacial score (nSPS) is 11.4. The predicted molar refractivity (Wildman–Crippen MR) is 71.0 cm³/mol. The van der Waals surface area contributed by atoms with E-state index in [1.807, 2.05) is 0 Å². The van der Waals surface area contributed by atoms with Gasteiger partial charge in [0.05, 0.1) is 10.2 Å². The van der Waals surface area contributed by atoms with Crippen LogP contribution >= 0.6 is 11.3 Å². The third-order valence-electron chi connectivity index (χ3n) is 2.86. The molecule has 2 N–H and O–H groups in total. The van der Waals surface area contributed by atoms with Gasteiger partial charge in [0.15, 0.2) is 5.13 Å². The standard InChI is InChI=1S/C13H12N2S/c1-7-5-8(2)9-3-4-11-12(10(9)6-7)15-13(14)16-11/h3-6H,1-2H3,(H2,14,15). The Morgan fingerprint density at radius 1 is 1.12 bits per heavy atom. The summed E-state index contributed by atoms with van der Waals surface area (Å²) in [6.45, 7) is 4.25. The van der Waals surface area contributed by atoms with Crippen LogP contribution in [0.2, 0.25) is 0 Å². The van der Waals surface area contributed by atoms with Gasteiger partial charge in [-0.15, -0.1) is 0 Å². The van der Waals surface area contributed by atoms with Gasteiger partial charge >= 0.3 is 0 Å². The minimum absolute atomic E-state index is 0.640. The summed E-state index contributed by atoms with van der Waals surface area (Å²) >= 11 is 1.55. The van der Waals surface area contributed by atoms with E-state index in [0.717, 1.165) is 10.2 Å². The van der Waals surface area contributed by atoms with Crippen molar-refractivity contribution in [2.75, 3.05) is 5.73 Å². The lowest BCUT2D eigenvalue weighted by atomic mass is 10.0. The van der Waals surface area contributed by atoms with Crippen LogP contribution in [0.1, 0.15) is 11.1 Å². The second kappa shape index (κ2) is 3.19. The third-order valence-corrected chi connectivity index (χ3v) is 3.71. The molecule has 80 valence electrons. The maximum atomic E-state index is 5.77. The molecule has 0 bridgehead atoms. The van der Waals surface area contributed by atoms with Crippen molar-refractivity contribution < 1.29 is 0 Å². The number of hydrogen-bond acceptors (Lipinski definition) is 3. The van der Waals surface area contributed by atoms with Gasteiger partial charge in [0, 0.05) is 5.39 Å². The summed E-state index contributed by atoms with van der Waals surface area (Å²) in [6.07, 6.45) is 0. The number of aryl methyl sites for hydroxylation is 2. The van der Waals surface area contributed by atoms with E-state index >= 15 is 0 Å². The number of nitrogens with zero attached hydrogens (tertiary/aromatic N) is 1. The average Bonchev–Trinajstić information content (AvgIpc) is 2.58. The Hall–Kier alpha value is -1.61. The molecule has 0 aliphatic rings. The van der Waals surface area contributed by atoms with Crippen LogP contribution in [0.15, 0.2) is 24.3 Å². The Bertz CT molecular complexity index is 698. The summed E-state index contributed by atoms with van der Waals surface area (Å²) in [7, 11) is 0. The Labute approximate surface area is 97.7 Å². The molecule has 0 unspecified atom stereocenters. The lowest BCUT2D eigenvalue weighted by Crippen LogP contribution is -1.84. The SMILES string of the molecule is Cc1cc(C)c2ccc3sc(N)nc3c2c1. The Kier molecular flexibility index (Phi) is 1.91. The van der Waals surface area contributed by atoms with E-state index in [4.69, 9.17) is 5.73 Å². The molecular weight excluding hydrogens is 216 g/mol. The number of anilines is 1. The number of hydrogen-bond donors (Lipinski definition) is 1. The first-order chi connectivity index (χ1) is 7.65. The van der Waals surface area contributed by atoms with E-state index in [-0.39, 0.29) is 0 Å². The molecule has 0 atom stereocenters. The molecule has 3 heteroatoms. The number of aromatic nitrogens is 1. The molecule has 0 fully saturated rings. The molecule has 0 radical (unpaired) electrons. The number of fused-ring (bicyclic) bond motifs is 3. The maximum Gasteiger partial charge on any atom is 0.181 e. The molecule has 0 spiro atoms. The summed E-state index contributed by atoms with van der Waals surface area (Å²) in [5.41, 5.74) is 9.36. The average molecular weight is 228 g/mol. The van der Waals surface area contributed by atoms with E-state index in [0.29, 0.717) is 5.13 Å². The molecule has 3 rings (SSSR count). The van der Waals surface area contributed by atoms with Gasteiger partial charge in [0.25, 0.3) is 0 Å². The minimum atomic E-state index is 0.640. The van der Waals surface area contributed by atoms with E-state index in [1.165, 1.54) is 21.9 Å². The van der Waals surface area contributed by atoms with Crippen molar-refractivity contribution in [1.29, 1.82) is 0 Å². The molecular formula is C13H12N2S. The van der Waals surface area contributed by atoms with Crippen LogP contribution in [0.25, 0.3) is 21.0 Å². The van der Waals surface area contributed by atoms with Crippen LogP contribution in [0.3, 0.4) is 0 Å². The van der Waals surface area contributed by atoms with Crippen molar-refractivity contribution in [3.8, 4) is 0 Å². The van der Waals surface area contributed by atoms with Crippen molar-refractivity contribution in [2.24, 2.45) is 0 Å². The van der Waals surface area contributed by atoms with Crippen LogP contribution in [-0.4, -0.2) is 4.98 Å². The number of rotatable bonds is 0. The van der Waals surface area contributed by atoms with Gasteiger partial charge in [-0.25, -0.2) is 4.98 Å². The monoisotopic (exact) mass is 228 g/mol. The lowest BCUT2D eigenvalue weighted by Gasteiger charge is -2.04. The number of thiazole rings is 1. The molecule has 0 aliphatic carbocycles. The summed E-state index contributed by atoms with van der Waals surface area (Å²) in [4.78, 5) is 4.42. The largest absolute Gasteiger partial charge is 0.375 e. The molecule has 3 aromatic rings. The Morgan fingerprint density at radius 2 is 1.94 bits per heavy atom. The number of benzene rings is 2. The van der Waals surface area contributed by atoms with Gasteiger partial charge < -0.3 is 5.73 Å². The fraction of sp³-hybridized carbons (Fsp3) is 0.154. The van der Waals surface area contributed by atoms with Crippen molar-refractivity contribution >= 4 is 37.5 Å². The highest BCUT2D eigenvalue weighted by Gasteiger charge is 2.07. The van der Waals surface area contributed by atoms with Crippen LogP contribution in [0, 0.1) is 13.8 Å².